The van der Waals surface area contributed by atoms with Crippen LogP contribution in [0.4, 0.5) is 0 Å². The fourth-order valence-corrected chi connectivity index (χ4v) is 2.67. The molecule has 106 valence electrons. The predicted octanol–water partition coefficient (Wildman–Crippen LogP) is 1.63. The van der Waals surface area contributed by atoms with E-state index in [1.807, 2.05) is 13.8 Å². The molecular formula is C14H23N3O2. The summed E-state index contributed by atoms with van der Waals surface area (Å²) in [6.45, 7) is 4.51. The van der Waals surface area contributed by atoms with Crippen LogP contribution in [-0.2, 0) is 6.54 Å². The molecule has 1 amide bonds. The fourth-order valence-electron chi connectivity index (χ4n) is 2.67. The van der Waals surface area contributed by atoms with Crippen molar-refractivity contribution in [3.63, 3.8) is 0 Å². The Morgan fingerprint density at radius 1 is 1.47 bits per heavy atom. The highest BCUT2D eigenvalue weighted by atomic mass is 16.3. The predicted molar refractivity (Wildman–Crippen MR) is 73.0 cm³/mol. The summed E-state index contributed by atoms with van der Waals surface area (Å²) >= 11 is 0. The van der Waals surface area contributed by atoms with Crippen LogP contribution in [0.3, 0.4) is 0 Å². The average molecular weight is 265 g/mol. The second-order valence-corrected chi connectivity index (χ2v) is 5.27. The van der Waals surface area contributed by atoms with Crippen molar-refractivity contribution in [3.05, 3.63) is 17.5 Å². The maximum Gasteiger partial charge on any atom is 0.269 e. The van der Waals surface area contributed by atoms with E-state index in [1.54, 1.807) is 10.7 Å². The van der Waals surface area contributed by atoms with Crippen molar-refractivity contribution < 1.29 is 9.90 Å². The van der Waals surface area contributed by atoms with Crippen molar-refractivity contribution >= 4 is 5.91 Å². The van der Waals surface area contributed by atoms with Gasteiger partial charge in [-0.3, -0.25) is 9.48 Å². The van der Waals surface area contributed by atoms with Crippen LogP contribution in [-0.4, -0.2) is 32.9 Å². The highest BCUT2D eigenvalue weighted by molar-refractivity contribution is 5.92. The quantitative estimate of drug-likeness (QED) is 0.816. The zero-order chi connectivity index (χ0) is 13.8. The first-order valence-corrected chi connectivity index (χ1v) is 7.15. The zero-order valence-electron chi connectivity index (χ0n) is 11.7. The van der Waals surface area contributed by atoms with Crippen molar-refractivity contribution in [2.24, 2.45) is 0 Å². The Morgan fingerprint density at radius 3 is 2.95 bits per heavy atom. The third-order valence-electron chi connectivity index (χ3n) is 3.73. The summed E-state index contributed by atoms with van der Waals surface area (Å²) in [5, 5.41) is 17.3. The van der Waals surface area contributed by atoms with Gasteiger partial charge in [-0.1, -0.05) is 19.3 Å². The lowest BCUT2D eigenvalue weighted by atomic mass is 10.1. The Morgan fingerprint density at radius 2 is 2.21 bits per heavy atom. The van der Waals surface area contributed by atoms with Crippen molar-refractivity contribution in [2.75, 3.05) is 0 Å². The van der Waals surface area contributed by atoms with Crippen molar-refractivity contribution in [1.82, 2.24) is 15.1 Å². The molecule has 2 rings (SSSR count). The van der Waals surface area contributed by atoms with Gasteiger partial charge >= 0.3 is 0 Å². The number of carbonyl (C=O) groups is 1. The van der Waals surface area contributed by atoms with Gasteiger partial charge in [0.25, 0.3) is 5.91 Å². The highest BCUT2D eigenvalue weighted by Crippen LogP contribution is 2.18. The monoisotopic (exact) mass is 265 g/mol. The normalized spacial score (nSPS) is 23.9. The first-order valence-electron chi connectivity index (χ1n) is 7.15. The minimum absolute atomic E-state index is 0.129. The Kier molecular flexibility index (Phi) is 4.58. The number of aliphatic hydroxyl groups excluding tert-OH is 1. The van der Waals surface area contributed by atoms with Gasteiger partial charge in [0.15, 0.2) is 0 Å². The third-order valence-corrected chi connectivity index (χ3v) is 3.73. The molecule has 19 heavy (non-hydrogen) atoms. The molecule has 1 aliphatic rings. The Bertz CT molecular complexity index is 442. The highest BCUT2D eigenvalue weighted by Gasteiger charge is 2.24. The Balaban J connectivity index is 2.06. The van der Waals surface area contributed by atoms with E-state index in [-0.39, 0.29) is 11.9 Å². The third kappa shape index (κ3) is 3.35. The van der Waals surface area contributed by atoms with Gasteiger partial charge in [-0.25, -0.2) is 0 Å². The van der Waals surface area contributed by atoms with Gasteiger partial charge in [-0.05, 0) is 32.8 Å². The zero-order valence-corrected chi connectivity index (χ0v) is 11.7. The fraction of sp³-hybridized carbons (Fsp3) is 0.714. The van der Waals surface area contributed by atoms with Crippen LogP contribution < -0.4 is 5.32 Å². The minimum atomic E-state index is -0.425. The number of nitrogens with one attached hydrogen (secondary N) is 1. The molecule has 0 bridgehead atoms. The molecule has 1 saturated carbocycles. The van der Waals surface area contributed by atoms with Crippen molar-refractivity contribution in [1.29, 1.82) is 0 Å². The van der Waals surface area contributed by atoms with E-state index in [9.17, 15) is 9.90 Å². The first kappa shape index (κ1) is 14.1. The molecule has 1 aromatic heterocycles. The van der Waals surface area contributed by atoms with Gasteiger partial charge in [0.05, 0.1) is 17.8 Å². The van der Waals surface area contributed by atoms with E-state index in [0.717, 1.165) is 37.8 Å². The standard InChI is InChI=1S/C14H23N3O2/c1-3-17-12(9-10(2)16-17)14(19)15-11-7-5-4-6-8-13(11)18/h9,11,13,18H,3-8H2,1-2H3,(H,15,19). The Hall–Kier alpha value is -1.36. The van der Waals surface area contributed by atoms with Gasteiger partial charge in [0.2, 0.25) is 0 Å². The van der Waals surface area contributed by atoms with Crippen LogP contribution in [0.15, 0.2) is 6.07 Å². The van der Waals surface area contributed by atoms with Crippen molar-refractivity contribution in [3.8, 4) is 0 Å². The topological polar surface area (TPSA) is 67.2 Å². The van der Waals surface area contributed by atoms with E-state index in [4.69, 9.17) is 0 Å². The van der Waals surface area contributed by atoms with Gasteiger partial charge in [0.1, 0.15) is 5.69 Å². The van der Waals surface area contributed by atoms with E-state index in [1.165, 1.54) is 0 Å². The maximum absolute atomic E-state index is 12.3. The van der Waals surface area contributed by atoms with Crippen LogP contribution in [0.1, 0.15) is 55.2 Å². The van der Waals surface area contributed by atoms with Crippen molar-refractivity contribution in [2.45, 2.75) is 64.6 Å². The lowest BCUT2D eigenvalue weighted by molar-refractivity contribution is 0.0809. The number of hydrogen-bond donors (Lipinski definition) is 2. The molecule has 0 spiro atoms. The number of aliphatic hydroxyl groups is 1. The first-order chi connectivity index (χ1) is 9.11. The number of aromatic nitrogens is 2. The van der Waals surface area contributed by atoms with E-state index in [0.29, 0.717) is 12.2 Å². The number of nitrogens with zero attached hydrogens (tertiary/aromatic N) is 2. The van der Waals surface area contributed by atoms with E-state index >= 15 is 0 Å². The van der Waals surface area contributed by atoms with Gasteiger partial charge < -0.3 is 10.4 Å². The Labute approximate surface area is 114 Å². The molecule has 1 fully saturated rings. The summed E-state index contributed by atoms with van der Waals surface area (Å²) in [6, 6.07) is 1.66. The number of amides is 1. The van der Waals surface area contributed by atoms with Crippen LogP contribution in [0.25, 0.3) is 0 Å². The maximum atomic E-state index is 12.3. The molecule has 2 N–H and O–H groups in total. The van der Waals surface area contributed by atoms with Crippen LogP contribution in [0.2, 0.25) is 0 Å². The second kappa shape index (κ2) is 6.19. The molecule has 2 unspecified atom stereocenters. The van der Waals surface area contributed by atoms with Crippen LogP contribution >= 0.6 is 0 Å². The van der Waals surface area contributed by atoms with E-state index < -0.39 is 6.10 Å². The molecule has 0 aromatic carbocycles. The number of carbonyl (C=O) groups excluding carboxylic acids is 1. The summed E-state index contributed by atoms with van der Waals surface area (Å²) in [5.74, 6) is -0.131. The smallest absolute Gasteiger partial charge is 0.269 e. The number of aryl methyl sites for hydroxylation is 2. The van der Waals surface area contributed by atoms with Crippen LogP contribution in [0, 0.1) is 6.92 Å². The summed E-state index contributed by atoms with van der Waals surface area (Å²) in [4.78, 5) is 12.3. The molecule has 0 aliphatic heterocycles. The molecule has 1 heterocycles. The molecule has 5 nitrogen and oxygen atoms in total. The number of hydrogen-bond acceptors (Lipinski definition) is 3. The molecule has 2 atom stereocenters. The largest absolute Gasteiger partial charge is 0.391 e. The average Bonchev–Trinajstić information content (AvgIpc) is 2.66. The summed E-state index contributed by atoms with van der Waals surface area (Å²) in [7, 11) is 0. The summed E-state index contributed by atoms with van der Waals surface area (Å²) in [6.07, 6.45) is 4.44. The van der Waals surface area contributed by atoms with Gasteiger partial charge in [-0.2, -0.15) is 5.10 Å². The molecule has 5 heteroatoms. The van der Waals surface area contributed by atoms with Gasteiger partial charge in [0, 0.05) is 6.54 Å². The lowest BCUT2D eigenvalue weighted by Crippen LogP contribution is -2.43. The summed E-state index contributed by atoms with van der Waals surface area (Å²) < 4.78 is 1.70. The summed E-state index contributed by atoms with van der Waals surface area (Å²) in [5.41, 5.74) is 1.42. The molecule has 1 aromatic rings. The van der Waals surface area contributed by atoms with Gasteiger partial charge in [-0.15, -0.1) is 0 Å². The number of rotatable bonds is 3. The molecular weight excluding hydrogens is 242 g/mol. The minimum Gasteiger partial charge on any atom is -0.391 e. The van der Waals surface area contributed by atoms with Crippen LogP contribution in [0.5, 0.6) is 0 Å². The molecule has 0 saturated heterocycles. The lowest BCUT2D eigenvalue weighted by Gasteiger charge is -2.21. The molecule has 0 radical (unpaired) electrons. The second-order valence-electron chi connectivity index (χ2n) is 5.27. The molecule has 1 aliphatic carbocycles. The SMILES string of the molecule is CCn1nc(C)cc1C(=O)NC1CCCCCC1O. The van der Waals surface area contributed by atoms with E-state index in [2.05, 4.69) is 10.4 Å².